The summed E-state index contributed by atoms with van der Waals surface area (Å²) in [5, 5.41) is 4.82. The van der Waals surface area contributed by atoms with Gasteiger partial charge in [-0.05, 0) is 37.7 Å². The molecule has 0 unspecified atom stereocenters. The number of hydrogen-bond acceptors (Lipinski definition) is 5. The molecule has 0 radical (unpaired) electrons. The van der Waals surface area contributed by atoms with Crippen LogP contribution in [0.1, 0.15) is 12.2 Å². The minimum Gasteiger partial charge on any atom is -0.494 e. The van der Waals surface area contributed by atoms with Crippen molar-refractivity contribution >= 4 is 11.0 Å². The van der Waals surface area contributed by atoms with Crippen molar-refractivity contribution in [1.29, 1.82) is 0 Å². The molecule has 1 N–H and O–H groups in total. The van der Waals surface area contributed by atoms with E-state index in [4.69, 9.17) is 4.74 Å². The molecule has 0 spiro atoms. The first kappa shape index (κ1) is 18.9. The number of aromatic nitrogens is 4. The van der Waals surface area contributed by atoms with Crippen LogP contribution in [0.3, 0.4) is 0 Å². The van der Waals surface area contributed by atoms with E-state index in [9.17, 15) is 4.79 Å². The smallest absolute Gasteiger partial charge is 0.262 e. The lowest BCUT2D eigenvalue weighted by Gasteiger charge is -2.16. The number of hydrogen-bond donors (Lipinski definition) is 1. The maximum atomic E-state index is 12.5. The van der Waals surface area contributed by atoms with Gasteiger partial charge in [0.15, 0.2) is 5.65 Å². The number of nitrogens with zero attached hydrogens (tertiary/aromatic N) is 4. The Morgan fingerprint density at radius 2 is 1.79 bits per heavy atom. The van der Waals surface area contributed by atoms with E-state index in [0.717, 1.165) is 24.4 Å². The predicted octanol–water partition coefficient (Wildman–Crippen LogP) is 3.01. The lowest BCUT2D eigenvalue weighted by Crippen LogP contribution is -2.24. The Hall–Kier alpha value is -3.45. The van der Waals surface area contributed by atoms with Gasteiger partial charge >= 0.3 is 0 Å². The van der Waals surface area contributed by atoms with Crippen LogP contribution in [0, 0.1) is 0 Å². The lowest BCUT2D eigenvalue weighted by atomic mass is 10.3. The van der Waals surface area contributed by atoms with Crippen LogP contribution >= 0.6 is 0 Å². The van der Waals surface area contributed by atoms with Crippen molar-refractivity contribution in [3.05, 3.63) is 83.0 Å². The van der Waals surface area contributed by atoms with Gasteiger partial charge < -0.3 is 9.72 Å². The van der Waals surface area contributed by atoms with Crippen molar-refractivity contribution in [1.82, 2.24) is 24.6 Å². The van der Waals surface area contributed by atoms with Gasteiger partial charge in [-0.25, -0.2) is 9.67 Å². The van der Waals surface area contributed by atoms with E-state index in [1.807, 2.05) is 67.7 Å². The zero-order chi connectivity index (χ0) is 20.1. The first-order chi connectivity index (χ1) is 14.2. The van der Waals surface area contributed by atoms with Gasteiger partial charge in [0.05, 0.1) is 25.0 Å². The Labute approximate surface area is 168 Å². The summed E-state index contributed by atoms with van der Waals surface area (Å²) in [6, 6.07) is 19.5. The largest absolute Gasteiger partial charge is 0.494 e. The van der Waals surface area contributed by atoms with Gasteiger partial charge in [0.2, 0.25) is 0 Å². The Balaban J connectivity index is 1.42. The summed E-state index contributed by atoms with van der Waals surface area (Å²) in [5.41, 5.74) is 1.27. The molecule has 0 saturated heterocycles. The van der Waals surface area contributed by atoms with E-state index in [1.54, 1.807) is 10.9 Å². The summed E-state index contributed by atoms with van der Waals surface area (Å²) in [6.07, 6.45) is 2.43. The fourth-order valence-electron chi connectivity index (χ4n) is 3.17. The molecule has 4 aromatic rings. The maximum absolute atomic E-state index is 12.5. The zero-order valence-corrected chi connectivity index (χ0v) is 16.3. The molecule has 0 bridgehead atoms. The van der Waals surface area contributed by atoms with Crippen LogP contribution in [-0.4, -0.2) is 44.8 Å². The second-order valence-electron chi connectivity index (χ2n) is 6.89. The van der Waals surface area contributed by atoms with Crippen molar-refractivity contribution in [2.24, 2.45) is 0 Å². The van der Waals surface area contributed by atoms with Gasteiger partial charge in [0, 0.05) is 6.54 Å². The number of rotatable bonds is 8. The fraction of sp³-hybridized carbons (Fsp3) is 0.227. The Morgan fingerprint density at radius 3 is 2.55 bits per heavy atom. The number of para-hydroxylation sites is 2. The van der Waals surface area contributed by atoms with Gasteiger partial charge in [-0.1, -0.05) is 36.4 Å². The Bertz CT molecular complexity index is 1120. The second kappa shape index (κ2) is 8.70. The molecule has 29 heavy (non-hydrogen) atoms. The quantitative estimate of drug-likeness (QED) is 0.469. The summed E-state index contributed by atoms with van der Waals surface area (Å²) in [5.74, 6) is 1.49. The van der Waals surface area contributed by atoms with Crippen molar-refractivity contribution in [3.63, 3.8) is 0 Å². The molecule has 2 heterocycles. The number of aromatic amines is 1. The first-order valence-corrected chi connectivity index (χ1v) is 9.59. The standard InChI is InChI=1S/C22H23N5O2/c1-26(13-8-14-29-18-11-6-3-7-12-18)16-20-24-21-19(22(28)25-20)15-23-27(21)17-9-4-2-5-10-17/h2-7,9-12,15H,8,13-14,16H2,1H3,(H,24,25,28). The van der Waals surface area contributed by atoms with Gasteiger partial charge in [0.1, 0.15) is 17.0 Å². The molecule has 0 atom stereocenters. The van der Waals surface area contributed by atoms with E-state index >= 15 is 0 Å². The summed E-state index contributed by atoms with van der Waals surface area (Å²) >= 11 is 0. The van der Waals surface area contributed by atoms with Crippen LogP contribution in [0.15, 0.2) is 71.7 Å². The monoisotopic (exact) mass is 389 g/mol. The third-order valence-electron chi connectivity index (χ3n) is 4.60. The van der Waals surface area contributed by atoms with Gasteiger partial charge in [-0.2, -0.15) is 5.10 Å². The van der Waals surface area contributed by atoms with Crippen LogP contribution < -0.4 is 10.3 Å². The zero-order valence-electron chi connectivity index (χ0n) is 16.3. The van der Waals surface area contributed by atoms with Crippen LogP contribution in [0.5, 0.6) is 5.75 Å². The molecular formula is C22H23N5O2. The topological polar surface area (TPSA) is 76.0 Å². The third kappa shape index (κ3) is 4.52. The molecule has 0 aliphatic carbocycles. The van der Waals surface area contributed by atoms with E-state index in [0.29, 0.717) is 30.0 Å². The van der Waals surface area contributed by atoms with E-state index in [1.165, 1.54) is 0 Å². The molecule has 2 aromatic heterocycles. The van der Waals surface area contributed by atoms with Gasteiger partial charge in [-0.3, -0.25) is 9.69 Å². The molecule has 7 heteroatoms. The second-order valence-corrected chi connectivity index (χ2v) is 6.89. The number of nitrogens with one attached hydrogen (secondary N) is 1. The highest BCUT2D eigenvalue weighted by Crippen LogP contribution is 2.14. The minimum atomic E-state index is -0.173. The van der Waals surface area contributed by atoms with Gasteiger partial charge in [0.25, 0.3) is 5.56 Å². The number of ether oxygens (including phenoxy) is 1. The number of fused-ring (bicyclic) bond motifs is 1. The number of benzene rings is 2. The SMILES string of the molecule is CN(CCCOc1ccccc1)Cc1nc2c(cnn2-c2ccccc2)c(=O)[nH]1. The summed E-state index contributed by atoms with van der Waals surface area (Å²) in [4.78, 5) is 22.1. The summed E-state index contributed by atoms with van der Waals surface area (Å²) < 4.78 is 7.42. The third-order valence-corrected chi connectivity index (χ3v) is 4.60. The average Bonchev–Trinajstić information content (AvgIpc) is 3.17. The Kier molecular flexibility index (Phi) is 5.67. The fourth-order valence-corrected chi connectivity index (χ4v) is 3.17. The highest BCUT2D eigenvalue weighted by molar-refractivity contribution is 5.75. The van der Waals surface area contributed by atoms with Crippen LogP contribution in [0.4, 0.5) is 0 Å². The van der Waals surface area contributed by atoms with E-state index in [2.05, 4.69) is 20.0 Å². The normalized spacial score (nSPS) is 11.2. The van der Waals surface area contributed by atoms with Crippen molar-refractivity contribution in [2.45, 2.75) is 13.0 Å². The molecule has 0 amide bonds. The molecule has 2 aromatic carbocycles. The molecule has 148 valence electrons. The molecule has 4 rings (SSSR count). The van der Waals surface area contributed by atoms with Crippen LogP contribution in [-0.2, 0) is 6.54 Å². The lowest BCUT2D eigenvalue weighted by molar-refractivity contribution is 0.255. The van der Waals surface area contributed by atoms with Crippen molar-refractivity contribution in [2.75, 3.05) is 20.2 Å². The highest BCUT2D eigenvalue weighted by Gasteiger charge is 2.12. The molecular weight excluding hydrogens is 366 g/mol. The first-order valence-electron chi connectivity index (χ1n) is 9.59. The van der Waals surface area contributed by atoms with Gasteiger partial charge in [-0.15, -0.1) is 0 Å². The van der Waals surface area contributed by atoms with Crippen LogP contribution in [0.25, 0.3) is 16.7 Å². The van der Waals surface area contributed by atoms with E-state index in [-0.39, 0.29) is 5.56 Å². The predicted molar refractivity (Wildman–Crippen MR) is 112 cm³/mol. The van der Waals surface area contributed by atoms with Crippen molar-refractivity contribution in [3.8, 4) is 11.4 Å². The average molecular weight is 389 g/mol. The molecule has 0 aliphatic rings. The Morgan fingerprint density at radius 1 is 1.07 bits per heavy atom. The highest BCUT2D eigenvalue weighted by atomic mass is 16.5. The molecule has 0 aliphatic heterocycles. The molecule has 7 nitrogen and oxygen atoms in total. The number of H-pyrrole nitrogens is 1. The van der Waals surface area contributed by atoms with Crippen LogP contribution in [0.2, 0.25) is 0 Å². The van der Waals surface area contributed by atoms with E-state index < -0.39 is 0 Å². The molecule has 0 saturated carbocycles. The van der Waals surface area contributed by atoms with Crippen molar-refractivity contribution < 1.29 is 4.74 Å². The summed E-state index contributed by atoms with van der Waals surface area (Å²) in [7, 11) is 2.00. The maximum Gasteiger partial charge on any atom is 0.262 e. The minimum absolute atomic E-state index is 0.173. The summed E-state index contributed by atoms with van der Waals surface area (Å²) in [6.45, 7) is 2.00. The molecule has 0 fully saturated rings.